The molecule has 0 aromatic heterocycles. The Labute approximate surface area is 229 Å². The normalized spacial score (nSPS) is 14.2. The summed E-state index contributed by atoms with van der Waals surface area (Å²) in [4.78, 5) is 30.8. The number of nitrogens with one attached hydrogen (secondary N) is 2. The van der Waals surface area contributed by atoms with E-state index in [2.05, 4.69) is 15.6 Å². The number of benzene rings is 2. The molecule has 1 fully saturated rings. The van der Waals surface area contributed by atoms with E-state index < -0.39 is 5.82 Å². The van der Waals surface area contributed by atoms with Crippen LogP contribution in [0.25, 0.3) is 5.70 Å². The number of carbonyl (C=O) groups excluding carboxylic acids is 2. The lowest BCUT2D eigenvalue weighted by atomic mass is 10.0. The summed E-state index contributed by atoms with van der Waals surface area (Å²) in [5.41, 5.74) is 3.57. The van der Waals surface area contributed by atoms with Gasteiger partial charge in [-0.25, -0.2) is 4.39 Å². The van der Waals surface area contributed by atoms with E-state index in [1.807, 2.05) is 13.8 Å². The third-order valence-electron chi connectivity index (χ3n) is 6.19. The van der Waals surface area contributed by atoms with Gasteiger partial charge in [-0.1, -0.05) is 6.92 Å². The standard InChI is InChI=1S/C29H37FN4O5/c1-5-20(3)29(28-24(30)17-23(39-16-15-37-4)18-25(28)31-6-2)33-22-9-7-21(8-10-22)32-26(35)19-27(36)34-11-13-38-14-12-34/h6-10,17-18,33H,5,11-16,19H2,1-4H3,(H,32,35). The summed E-state index contributed by atoms with van der Waals surface area (Å²) in [6.45, 7) is 8.34. The van der Waals surface area contributed by atoms with Gasteiger partial charge in [-0.3, -0.25) is 14.6 Å². The number of ether oxygens (including phenoxy) is 3. The van der Waals surface area contributed by atoms with E-state index in [1.54, 1.807) is 55.5 Å². The van der Waals surface area contributed by atoms with Crippen molar-refractivity contribution in [2.24, 2.45) is 4.99 Å². The van der Waals surface area contributed by atoms with Crippen LogP contribution in [-0.2, 0) is 19.1 Å². The second-order valence-electron chi connectivity index (χ2n) is 8.96. The van der Waals surface area contributed by atoms with E-state index in [1.165, 1.54) is 6.07 Å². The van der Waals surface area contributed by atoms with Crippen molar-refractivity contribution < 1.29 is 28.2 Å². The van der Waals surface area contributed by atoms with E-state index >= 15 is 4.39 Å². The quantitative estimate of drug-likeness (QED) is 0.223. The smallest absolute Gasteiger partial charge is 0.233 e. The molecule has 3 rings (SSSR count). The van der Waals surface area contributed by atoms with E-state index in [-0.39, 0.29) is 18.2 Å². The van der Waals surface area contributed by atoms with Crippen molar-refractivity contribution >= 4 is 40.8 Å². The van der Waals surface area contributed by atoms with E-state index in [0.717, 1.165) is 5.57 Å². The SMILES string of the molecule is CC=Nc1cc(OCCOC)cc(F)c1C(Nc1ccc(NC(=O)CC(=O)N2CCOCC2)cc1)=C(C)CC. The van der Waals surface area contributed by atoms with Crippen LogP contribution in [0.3, 0.4) is 0 Å². The molecule has 0 unspecified atom stereocenters. The molecule has 0 atom stereocenters. The van der Waals surface area contributed by atoms with E-state index in [9.17, 15) is 9.59 Å². The summed E-state index contributed by atoms with van der Waals surface area (Å²) in [7, 11) is 1.57. The fourth-order valence-electron chi connectivity index (χ4n) is 3.99. The summed E-state index contributed by atoms with van der Waals surface area (Å²) in [6.07, 6.45) is 2.07. The summed E-state index contributed by atoms with van der Waals surface area (Å²) < 4.78 is 31.4. The van der Waals surface area contributed by atoms with Gasteiger partial charge in [0.15, 0.2) is 0 Å². The molecule has 10 heteroatoms. The molecule has 0 saturated carbocycles. The molecule has 2 aromatic rings. The summed E-state index contributed by atoms with van der Waals surface area (Å²) in [6, 6.07) is 10.1. The number of amides is 2. The second kappa shape index (κ2) is 15.0. The number of morpholine rings is 1. The van der Waals surface area contributed by atoms with Crippen LogP contribution >= 0.6 is 0 Å². The summed E-state index contributed by atoms with van der Waals surface area (Å²) in [5, 5.41) is 6.09. The van der Waals surface area contributed by atoms with E-state index in [4.69, 9.17) is 14.2 Å². The van der Waals surface area contributed by atoms with Crippen LogP contribution in [0.1, 0.15) is 39.2 Å². The molecule has 2 N–H and O–H groups in total. The zero-order valence-corrected chi connectivity index (χ0v) is 23.0. The fraction of sp³-hybridized carbons (Fsp3) is 0.414. The average molecular weight is 541 g/mol. The van der Waals surface area contributed by atoms with Crippen LogP contribution in [0.15, 0.2) is 47.0 Å². The van der Waals surface area contributed by atoms with Crippen LogP contribution in [0.4, 0.5) is 21.5 Å². The molecule has 9 nitrogen and oxygen atoms in total. The van der Waals surface area contributed by atoms with Crippen molar-refractivity contribution in [3.63, 3.8) is 0 Å². The summed E-state index contributed by atoms with van der Waals surface area (Å²) in [5.74, 6) is -0.697. The molecule has 0 radical (unpaired) electrons. The number of halogens is 1. The fourth-order valence-corrected chi connectivity index (χ4v) is 3.99. The maximum Gasteiger partial charge on any atom is 0.233 e. The first kappa shape index (κ1) is 29.8. The molecule has 2 amide bonds. The minimum absolute atomic E-state index is 0.221. The van der Waals surface area contributed by atoms with Gasteiger partial charge in [0.1, 0.15) is 24.6 Å². The Morgan fingerprint density at radius 1 is 1.10 bits per heavy atom. The number of hydrogen-bond acceptors (Lipinski definition) is 7. The predicted molar refractivity (Wildman–Crippen MR) is 151 cm³/mol. The van der Waals surface area contributed by atoms with Gasteiger partial charge in [0.2, 0.25) is 11.8 Å². The maximum absolute atomic E-state index is 15.5. The highest BCUT2D eigenvalue weighted by Gasteiger charge is 2.20. The molecule has 1 saturated heterocycles. The van der Waals surface area contributed by atoms with Crippen LogP contribution in [0.5, 0.6) is 5.75 Å². The maximum atomic E-state index is 15.5. The lowest BCUT2D eigenvalue weighted by molar-refractivity contribution is -0.138. The largest absolute Gasteiger partial charge is 0.491 e. The number of nitrogens with zero attached hydrogens (tertiary/aromatic N) is 2. The molecule has 39 heavy (non-hydrogen) atoms. The molecule has 0 aliphatic carbocycles. The number of methoxy groups -OCH3 is 1. The number of hydrogen-bond donors (Lipinski definition) is 2. The number of anilines is 2. The van der Waals surface area contributed by atoms with Gasteiger partial charge in [0.25, 0.3) is 0 Å². The van der Waals surface area contributed by atoms with Gasteiger partial charge in [0.05, 0.1) is 31.1 Å². The predicted octanol–water partition coefficient (Wildman–Crippen LogP) is 5.01. The monoisotopic (exact) mass is 540 g/mol. The van der Waals surface area contributed by atoms with Crippen molar-refractivity contribution in [2.45, 2.75) is 33.6 Å². The number of allylic oxidation sites excluding steroid dienone is 1. The third kappa shape index (κ3) is 8.62. The third-order valence-corrected chi connectivity index (χ3v) is 6.19. The lowest BCUT2D eigenvalue weighted by Gasteiger charge is -2.26. The van der Waals surface area contributed by atoms with Crippen molar-refractivity contribution in [1.82, 2.24) is 4.90 Å². The minimum atomic E-state index is -0.463. The second-order valence-corrected chi connectivity index (χ2v) is 8.96. The minimum Gasteiger partial charge on any atom is -0.491 e. The van der Waals surface area contributed by atoms with Gasteiger partial charge in [-0.15, -0.1) is 0 Å². The molecule has 1 aliphatic rings. The zero-order valence-electron chi connectivity index (χ0n) is 23.0. The van der Waals surface area contributed by atoms with Crippen molar-refractivity contribution in [3.05, 3.63) is 53.4 Å². The van der Waals surface area contributed by atoms with Crippen molar-refractivity contribution in [1.29, 1.82) is 0 Å². The Morgan fingerprint density at radius 3 is 2.38 bits per heavy atom. The molecule has 1 heterocycles. The van der Waals surface area contributed by atoms with Crippen LogP contribution in [0.2, 0.25) is 0 Å². The Balaban J connectivity index is 1.75. The topological polar surface area (TPSA) is 101 Å². The van der Waals surface area contributed by atoms with Crippen molar-refractivity contribution in [3.8, 4) is 5.75 Å². The molecule has 1 aliphatic heterocycles. The molecular formula is C29H37FN4O5. The van der Waals surface area contributed by atoms with Crippen LogP contribution in [0, 0.1) is 5.82 Å². The lowest BCUT2D eigenvalue weighted by Crippen LogP contribution is -2.41. The first-order valence-electron chi connectivity index (χ1n) is 13.0. The van der Waals surface area contributed by atoms with Gasteiger partial charge < -0.3 is 29.7 Å². The van der Waals surface area contributed by atoms with Gasteiger partial charge in [-0.05, 0) is 50.1 Å². The van der Waals surface area contributed by atoms with Crippen molar-refractivity contribution in [2.75, 3.05) is 57.3 Å². The Morgan fingerprint density at radius 2 is 1.77 bits per heavy atom. The first-order chi connectivity index (χ1) is 18.9. The average Bonchev–Trinajstić information content (AvgIpc) is 2.93. The highest BCUT2D eigenvalue weighted by molar-refractivity contribution is 6.03. The summed E-state index contributed by atoms with van der Waals surface area (Å²) >= 11 is 0. The number of rotatable bonds is 12. The van der Waals surface area contributed by atoms with Gasteiger partial charge in [-0.2, -0.15) is 0 Å². The first-order valence-corrected chi connectivity index (χ1v) is 13.0. The molecule has 2 aromatic carbocycles. The zero-order chi connectivity index (χ0) is 28.2. The Kier molecular flexibility index (Phi) is 11.4. The molecule has 0 bridgehead atoms. The molecule has 210 valence electrons. The van der Waals surface area contributed by atoms with Gasteiger partial charge in [0, 0.05) is 55.6 Å². The Bertz CT molecular complexity index is 1190. The number of carbonyl (C=O) groups is 2. The molecule has 0 spiro atoms. The highest BCUT2D eigenvalue weighted by Crippen LogP contribution is 2.36. The molecular weight excluding hydrogens is 503 g/mol. The van der Waals surface area contributed by atoms with Gasteiger partial charge >= 0.3 is 0 Å². The van der Waals surface area contributed by atoms with E-state index in [0.29, 0.717) is 80.0 Å². The van der Waals surface area contributed by atoms with Crippen LogP contribution < -0.4 is 15.4 Å². The Hall–Kier alpha value is -3.76. The number of aliphatic imine (C=N–C) groups is 1. The van der Waals surface area contributed by atoms with Crippen LogP contribution in [-0.4, -0.2) is 69.6 Å². The highest BCUT2D eigenvalue weighted by atomic mass is 19.1.